The van der Waals surface area contributed by atoms with Crippen LogP contribution in [-0.2, 0) is 4.79 Å². The topological polar surface area (TPSA) is 73.9 Å². The van der Waals surface area contributed by atoms with E-state index in [1.54, 1.807) is 0 Å². The van der Waals surface area contributed by atoms with Crippen molar-refractivity contribution in [1.82, 2.24) is 20.1 Å². The van der Waals surface area contributed by atoms with E-state index in [1.165, 1.54) is 43.8 Å². The first-order valence-corrected chi connectivity index (χ1v) is 7.72. The van der Waals surface area contributed by atoms with Gasteiger partial charge in [-0.05, 0) is 12.8 Å². The highest BCUT2D eigenvalue weighted by Crippen LogP contribution is 2.16. The Morgan fingerprint density at radius 3 is 2.79 bits per heavy atom. The number of thioether (sulfide) groups is 1. The Kier molecular flexibility index (Phi) is 5.59. The lowest BCUT2D eigenvalue weighted by molar-refractivity contribution is -0.113. The fourth-order valence-corrected chi connectivity index (χ4v) is 2.96. The molecule has 1 aliphatic rings. The summed E-state index contributed by atoms with van der Waals surface area (Å²) in [6.07, 6.45) is 6.27. The highest BCUT2D eigenvalue weighted by molar-refractivity contribution is 8.23. The van der Waals surface area contributed by atoms with Gasteiger partial charge in [0.2, 0.25) is 11.9 Å². The predicted octanol–water partition coefficient (Wildman–Crippen LogP) is 1.64. The van der Waals surface area contributed by atoms with Gasteiger partial charge in [0.1, 0.15) is 10.6 Å². The minimum Gasteiger partial charge on any atom is -0.358 e. The van der Waals surface area contributed by atoms with E-state index in [0.29, 0.717) is 11.7 Å². The maximum Gasteiger partial charge on any atom is 0.237 e. The summed E-state index contributed by atoms with van der Waals surface area (Å²) in [6, 6.07) is 0. The molecular formula is C11H17N5OS2. The molecule has 0 spiro atoms. The first kappa shape index (κ1) is 14.3. The maximum absolute atomic E-state index is 11.7. The minimum atomic E-state index is -0.126. The summed E-state index contributed by atoms with van der Waals surface area (Å²) in [7, 11) is 0. The molecule has 0 unspecified atom stereocenters. The lowest BCUT2D eigenvalue weighted by Gasteiger charge is -2.22. The normalized spacial score (nSPS) is 15.9. The van der Waals surface area contributed by atoms with Gasteiger partial charge in [-0.1, -0.05) is 36.8 Å². The second kappa shape index (κ2) is 7.44. The van der Waals surface area contributed by atoms with Gasteiger partial charge >= 0.3 is 0 Å². The molecule has 1 aromatic heterocycles. The third-order valence-corrected chi connectivity index (χ3v) is 4.39. The molecule has 2 heterocycles. The fourth-order valence-electron chi connectivity index (χ4n) is 1.91. The molecule has 0 aliphatic carbocycles. The lowest BCUT2D eigenvalue weighted by Crippen LogP contribution is -2.29. The van der Waals surface area contributed by atoms with Gasteiger partial charge in [-0.25, -0.2) is 5.10 Å². The molecule has 0 atom stereocenters. The monoisotopic (exact) mass is 299 g/mol. The molecule has 1 aromatic rings. The molecule has 0 saturated carbocycles. The van der Waals surface area contributed by atoms with Gasteiger partial charge in [0, 0.05) is 13.1 Å². The van der Waals surface area contributed by atoms with E-state index in [2.05, 4.69) is 25.4 Å². The number of anilines is 1. The number of hydrogen-bond acceptors (Lipinski definition) is 5. The number of hydrogen-bond donors (Lipinski definition) is 2. The number of aromatic amines is 1. The van der Waals surface area contributed by atoms with Crippen LogP contribution in [0.3, 0.4) is 0 Å². The van der Waals surface area contributed by atoms with E-state index >= 15 is 0 Å². The van der Waals surface area contributed by atoms with Crippen molar-refractivity contribution in [2.24, 2.45) is 0 Å². The van der Waals surface area contributed by atoms with Gasteiger partial charge in [0.15, 0.2) is 0 Å². The number of carbonyl (C=O) groups is 1. The zero-order valence-corrected chi connectivity index (χ0v) is 12.2. The average Bonchev–Trinajstić information content (AvgIpc) is 2.76. The third-order valence-electron chi connectivity index (χ3n) is 2.86. The minimum absolute atomic E-state index is 0.126. The molecular weight excluding hydrogens is 282 g/mol. The fraction of sp³-hybridized carbons (Fsp3) is 0.636. The van der Waals surface area contributed by atoms with Gasteiger partial charge < -0.3 is 4.90 Å². The quantitative estimate of drug-likeness (QED) is 0.827. The van der Waals surface area contributed by atoms with Crippen LogP contribution in [0.25, 0.3) is 0 Å². The molecule has 1 amide bonds. The van der Waals surface area contributed by atoms with Crippen molar-refractivity contribution < 1.29 is 4.79 Å². The molecule has 1 saturated heterocycles. The number of H-pyrrole nitrogens is 1. The molecule has 0 bridgehead atoms. The summed E-state index contributed by atoms with van der Waals surface area (Å²) in [5.41, 5.74) is 0. The molecule has 104 valence electrons. The molecule has 1 fully saturated rings. The van der Waals surface area contributed by atoms with Crippen molar-refractivity contribution in [2.75, 3.05) is 24.2 Å². The Balaban J connectivity index is 1.71. The number of amides is 1. The molecule has 6 nitrogen and oxygen atoms in total. The molecule has 0 radical (unpaired) electrons. The third kappa shape index (κ3) is 4.79. The smallest absolute Gasteiger partial charge is 0.237 e. The molecule has 2 N–H and O–H groups in total. The molecule has 0 aromatic carbocycles. The van der Waals surface area contributed by atoms with Crippen molar-refractivity contribution in [3.05, 3.63) is 6.33 Å². The zero-order chi connectivity index (χ0) is 13.5. The van der Waals surface area contributed by atoms with Gasteiger partial charge in [0.25, 0.3) is 0 Å². The van der Waals surface area contributed by atoms with Crippen LogP contribution < -0.4 is 5.32 Å². The van der Waals surface area contributed by atoms with Crippen molar-refractivity contribution in [2.45, 2.75) is 25.7 Å². The Morgan fingerprint density at radius 2 is 2.16 bits per heavy atom. The number of nitrogens with zero attached hydrogens (tertiary/aromatic N) is 3. The number of rotatable bonds is 3. The Hall–Kier alpha value is -1.15. The number of likely N-dealkylation sites (tertiary alicyclic amines) is 1. The molecule has 19 heavy (non-hydrogen) atoms. The Labute approximate surface area is 121 Å². The molecule has 1 aliphatic heterocycles. The zero-order valence-electron chi connectivity index (χ0n) is 10.6. The lowest BCUT2D eigenvalue weighted by atomic mass is 10.2. The van der Waals surface area contributed by atoms with Gasteiger partial charge in [0.05, 0.1) is 5.75 Å². The van der Waals surface area contributed by atoms with Crippen LogP contribution in [0.4, 0.5) is 5.95 Å². The Morgan fingerprint density at radius 1 is 1.42 bits per heavy atom. The van der Waals surface area contributed by atoms with Crippen LogP contribution in [0.15, 0.2) is 6.33 Å². The standard InChI is InChI=1S/C11H17N5OS2/c17-9(14-10-12-8-13-15-10)7-19-11(18)16-5-3-1-2-4-6-16/h8H,1-7H2,(H2,12,13,14,15,17). The summed E-state index contributed by atoms with van der Waals surface area (Å²) in [5.74, 6) is 0.543. The summed E-state index contributed by atoms with van der Waals surface area (Å²) < 4.78 is 0.814. The number of thiocarbonyl (C=S) groups is 1. The average molecular weight is 299 g/mol. The second-order valence-electron chi connectivity index (χ2n) is 4.34. The maximum atomic E-state index is 11.7. The van der Waals surface area contributed by atoms with E-state index in [1.807, 2.05) is 0 Å². The molecule has 8 heteroatoms. The van der Waals surface area contributed by atoms with Crippen LogP contribution in [0.2, 0.25) is 0 Å². The van der Waals surface area contributed by atoms with Crippen molar-refractivity contribution in [3.63, 3.8) is 0 Å². The Bertz CT molecular complexity index is 415. The van der Waals surface area contributed by atoms with Crippen molar-refractivity contribution >= 4 is 40.2 Å². The van der Waals surface area contributed by atoms with E-state index in [0.717, 1.165) is 17.4 Å². The number of aromatic nitrogens is 3. The largest absolute Gasteiger partial charge is 0.358 e. The van der Waals surface area contributed by atoms with Gasteiger partial charge in [-0.2, -0.15) is 10.1 Å². The highest BCUT2D eigenvalue weighted by atomic mass is 32.2. The van der Waals surface area contributed by atoms with Crippen molar-refractivity contribution in [1.29, 1.82) is 0 Å². The van der Waals surface area contributed by atoms with E-state index in [9.17, 15) is 4.79 Å². The van der Waals surface area contributed by atoms with E-state index in [-0.39, 0.29) is 5.91 Å². The number of carbonyl (C=O) groups excluding carboxylic acids is 1. The second-order valence-corrected chi connectivity index (χ2v) is 5.95. The summed E-state index contributed by atoms with van der Waals surface area (Å²) >= 11 is 6.78. The summed E-state index contributed by atoms with van der Waals surface area (Å²) in [4.78, 5) is 17.7. The van der Waals surface area contributed by atoms with Gasteiger partial charge in [-0.15, -0.1) is 0 Å². The van der Waals surface area contributed by atoms with Crippen LogP contribution >= 0.6 is 24.0 Å². The van der Waals surface area contributed by atoms with E-state index < -0.39 is 0 Å². The van der Waals surface area contributed by atoms with Crippen molar-refractivity contribution in [3.8, 4) is 0 Å². The number of nitrogens with one attached hydrogen (secondary N) is 2. The van der Waals surface area contributed by atoms with Crippen LogP contribution in [0.5, 0.6) is 0 Å². The van der Waals surface area contributed by atoms with Gasteiger partial charge in [-0.3, -0.25) is 10.1 Å². The van der Waals surface area contributed by atoms with Crippen LogP contribution in [-0.4, -0.2) is 49.2 Å². The highest BCUT2D eigenvalue weighted by Gasteiger charge is 2.14. The first-order valence-electron chi connectivity index (χ1n) is 6.32. The summed E-state index contributed by atoms with van der Waals surface area (Å²) in [5, 5.41) is 8.87. The molecule has 2 rings (SSSR count). The SMILES string of the molecule is O=C(CSC(=S)N1CCCCCC1)Nc1ncn[nH]1. The first-order chi connectivity index (χ1) is 9.25. The van der Waals surface area contributed by atoms with E-state index in [4.69, 9.17) is 12.2 Å². The summed E-state index contributed by atoms with van der Waals surface area (Å²) in [6.45, 7) is 2.02. The van der Waals surface area contributed by atoms with Crippen LogP contribution in [0.1, 0.15) is 25.7 Å². The van der Waals surface area contributed by atoms with Crippen LogP contribution in [0, 0.1) is 0 Å². The predicted molar refractivity (Wildman–Crippen MR) is 80.1 cm³/mol.